The second-order valence-corrected chi connectivity index (χ2v) is 5.36. The molecule has 102 valence electrons. The molecule has 0 saturated carbocycles. The Morgan fingerprint density at radius 2 is 2.15 bits per heavy atom. The zero-order valence-corrected chi connectivity index (χ0v) is 11.8. The predicted molar refractivity (Wildman–Crippen MR) is 78.9 cm³/mol. The fourth-order valence-electron chi connectivity index (χ4n) is 3.25. The Balaban J connectivity index is 2.13. The first-order chi connectivity index (χ1) is 9.85. The van der Waals surface area contributed by atoms with Crippen molar-refractivity contribution in [2.45, 2.75) is 44.9 Å². The Morgan fingerprint density at radius 1 is 1.35 bits per heavy atom. The molecule has 1 heterocycles. The third-order valence-electron chi connectivity index (χ3n) is 4.15. The van der Waals surface area contributed by atoms with Crippen molar-refractivity contribution in [3.05, 3.63) is 47.3 Å². The highest BCUT2D eigenvalue weighted by molar-refractivity contribution is 5.41. The summed E-state index contributed by atoms with van der Waals surface area (Å²) in [5, 5.41) is 13.9. The third kappa shape index (κ3) is 2.12. The monoisotopic (exact) mass is 265 g/mol. The average molecular weight is 265 g/mol. The molecule has 1 aromatic heterocycles. The number of aryl methyl sites for hydroxylation is 1. The van der Waals surface area contributed by atoms with Crippen LogP contribution in [0.3, 0.4) is 0 Å². The van der Waals surface area contributed by atoms with Gasteiger partial charge in [-0.25, -0.2) is 4.68 Å². The molecule has 0 saturated heterocycles. The van der Waals surface area contributed by atoms with Crippen LogP contribution in [0.25, 0.3) is 5.69 Å². The molecule has 0 fully saturated rings. The molecule has 2 aromatic rings. The van der Waals surface area contributed by atoms with E-state index in [9.17, 15) is 0 Å². The topological polar surface area (TPSA) is 41.6 Å². The van der Waals surface area contributed by atoms with E-state index in [1.807, 2.05) is 18.2 Å². The van der Waals surface area contributed by atoms with Gasteiger partial charge in [-0.05, 0) is 37.8 Å². The van der Waals surface area contributed by atoms with Crippen molar-refractivity contribution in [3.63, 3.8) is 0 Å². The minimum atomic E-state index is 0.371. The van der Waals surface area contributed by atoms with Gasteiger partial charge in [0.15, 0.2) is 0 Å². The van der Waals surface area contributed by atoms with Gasteiger partial charge in [0.05, 0.1) is 17.5 Å². The van der Waals surface area contributed by atoms with Crippen molar-refractivity contribution in [3.8, 4) is 11.8 Å². The molecular weight excluding hydrogens is 246 g/mol. The van der Waals surface area contributed by atoms with Crippen LogP contribution >= 0.6 is 0 Å². The fraction of sp³-hybridized carbons (Fsp3) is 0.412. The van der Waals surface area contributed by atoms with E-state index in [1.54, 1.807) is 0 Å². The van der Waals surface area contributed by atoms with E-state index in [1.165, 1.54) is 17.0 Å². The SMILES string of the molecule is CCc1nn(-c2ccccc2)c2c1C(CC#N)CCC2. The van der Waals surface area contributed by atoms with Crippen LogP contribution in [-0.2, 0) is 12.8 Å². The number of fused-ring (bicyclic) bond motifs is 1. The lowest BCUT2D eigenvalue weighted by molar-refractivity contribution is 0.548. The largest absolute Gasteiger partial charge is 0.237 e. The summed E-state index contributed by atoms with van der Waals surface area (Å²) in [5.41, 5.74) is 4.97. The standard InChI is InChI=1S/C17H19N3/c1-2-15-17-13(11-12-18)7-6-10-16(17)20(19-15)14-8-4-3-5-9-14/h3-5,8-9,13H,2,6-7,10-11H2,1H3. The average Bonchev–Trinajstić information content (AvgIpc) is 2.88. The van der Waals surface area contributed by atoms with Crippen LogP contribution in [0.5, 0.6) is 0 Å². The Hall–Kier alpha value is -2.08. The highest BCUT2D eigenvalue weighted by atomic mass is 15.3. The molecule has 3 rings (SSSR count). The van der Waals surface area contributed by atoms with Crippen LogP contribution in [0.15, 0.2) is 30.3 Å². The van der Waals surface area contributed by atoms with E-state index in [4.69, 9.17) is 10.4 Å². The summed E-state index contributed by atoms with van der Waals surface area (Å²) in [7, 11) is 0. The maximum absolute atomic E-state index is 9.05. The van der Waals surface area contributed by atoms with Crippen molar-refractivity contribution in [2.75, 3.05) is 0 Å². The van der Waals surface area contributed by atoms with E-state index in [0.717, 1.165) is 31.4 Å². The summed E-state index contributed by atoms with van der Waals surface area (Å²) >= 11 is 0. The highest BCUT2D eigenvalue weighted by Gasteiger charge is 2.28. The summed E-state index contributed by atoms with van der Waals surface area (Å²) < 4.78 is 2.09. The van der Waals surface area contributed by atoms with Gasteiger partial charge in [-0.1, -0.05) is 25.1 Å². The first-order valence-corrected chi connectivity index (χ1v) is 7.38. The van der Waals surface area contributed by atoms with E-state index in [-0.39, 0.29) is 0 Å². The number of hydrogen-bond acceptors (Lipinski definition) is 2. The van der Waals surface area contributed by atoms with Gasteiger partial charge in [-0.15, -0.1) is 0 Å². The Bertz CT molecular complexity index is 634. The molecule has 1 aromatic carbocycles. The zero-order valence-electron chi connectivity index (χ0n) is 11.8. The van der Waals surface area contributed by atoms with Crippen molar-refractivity contribution in [1.29, 1.82) is 5.26 Å². The number of rotatable bonds is 3. The van der Waals surface area contributed by atoms with E-state index >= 15 is 0 Å². The van der Waals surface area contributed by atoms with Crippen molar-refractivity contribution >= 4 is 0 Å². The number of nitriles is 1. The quantitative estimate of drug-likeness (QED) is 0.847. The van der Waals surface area contributed by atoms with Crippen LogP contribution in [0.1, 0.15) is 49.1 Å². The summed E-state index contributed by atoms with van der Waals surface area (Å²) in [5.74, 6) is 0.371. The Labute approximate surface area is 119 Å². The maximum atomic E-state index is 9.05. The van der Waals surface area contributed by atoms with Crippen LogP contribution < -0.4 is 0 Å². The van der Waals surface area contributed by atoms with Crippen LogP contribution in [-0.4, -0.2) is 9.78 Å². The summed E-state index contributed by atoms with van der Waals surface area (Å²) in [4.78, 5) is 0. The van der Waals surface area contributed by atoms with Crippen LogP contribution in [0.4, 0.5) is 0 Å². The van der Waals surface area contributed by atoms with Gasteiger partial charge in [0.1, 0.15) is 0 Å². The summed E-state index contributed by atoms with van der Waals surface area (Å²) in [6.07, 6.45) is 4.89. The molecule has 1 aliphatic rings. The Kier molecular flexibility index (Phi) is 3.56. The second kappa shape index (κ2) is 5.50. The number of aromatic nitrogens is 2. The lowest BCUT2D eigenvalue weighted by Gasteiger charge is -2.22. The number of nitrogens with zero attached hydrogens (tertiary/aromatic N) is 3. The number of para-hydroxylation sites is 1. The molecule has 1 aliphatic carbocycles. The van der Waals surface area contributed by atoms with Gasteiger partial charge in [-0.3, -0.25) is 0 Å². The van der Waals surface area contributed by atoms with Gasteiger partial charge in [0.25, 0.3) is 0 Å². The molecule has 0 bridgehead atoms. The Morgan fingerprint density at radius 3 is 2.85 bits per heavy atom. The molecule has 0 amide bonds. The van der Waals surface area contributed by atoms with Crippen molar-refractivity contribution in [2.24, 2.45) is 0 Å². The van der Waals surface area contributed by atoms with Crippen molar-refractivity contribution < 1.29 is 0 Å². The lowest BCUT2D eigenvalue weighted by Crippen LogP contribution is -2.12. The number of benzene rings is 1. The molecule has 0 aliphatic heterocycles. The molecule has 3 nitrogen and oxygen atoms in total. The molecule has 0 spiro atoms. The van der Waals surface area contributed by atoms with E-state index < -0.39 is 0 Å². The lowest BCUT2D eigenvalue weighted by atomic mass is 9.83. The van der Waals surface area contributed by atoms with E-state index in [2.05, 4.69) is 29.8 Å². The van der Waals surface area contributed by atoms with Crippen LogP contribution in [0, 0.1) is 11.3 Å². The highest BCUT2D eigenvalue weighted by Crippen LogP contribution is 2.37. The molecule has 0 radical (unpaired) electrons. The molecule has 3 heteroatoms. The molecule has 1 unspecified atom stereocenters. The molecule has 0 N–H and O–H groups in total. The zero-order chi connectivity index (χ0) is 13.9. The fourth-order valence-corrected chi connectivity index (χ4v) is 3.25. The second-order valence-electron chi connectivity index (χ2n) is 5.36. The van der Waals surface area contributed by atoms with E-state index in [0.29, 0.717) is 12.3 Å². The van der Waals surface area contributed by atoms with Crippen LogP contribution in [0.2, 0.25) is 0 Å². The smallest absolute Gasteiger partial charge is 0.0664 e. The summed E-state index contributed by atoms with van der Waals surface area (Å²) in [6.45, 7) is 2.15. The van der Waals surface area contributed by atoms with Gasteiger partial charge >= 0.3 is 0 Å². The van der Waals surface area contributed by atoms with Gasteiger partial charge in [0, 0.05) is 23.6 Å². The van der Waals surface area contributed by atoms with Gasteiger partial charge < -0.3 is 0 Å². The molecular formula is C17H19N3. The first kappa shape index (κ1) is 12.9. The molecule has 20 heavy (non-hydrogen) atoms. The number of hydrogen-bond donors (Lipinski definition) is 0. The minimum Gasteiger partial charge on any atom is -0.237 e. The first-order valence-electron chi connectivity index (χ1n) is 7.38. The predicted octanol–water partition coefficient (Wildman–Crippen LogP) is 3.77. The summed E-state index contributed by atoms with van der Waals surface area (Å²) in [6, 6.07) is 12.7. The van der Waals surface area contributed by atoms with Gasteiger partial charge in [-0.2, -0.15) is 10.4 Å². The normalized spacial score (nSPS) is 17.5. The van der Waals surface area contributed by atoms with Crippen molar-refractivity contribution in [1.82, 2.24) is 9.78 Å². The minimum absolute atomic E-state index is 0.371. The maximum Gasteiger partial charge on any atom is 0.0664 e. The third-order valence-corrected chi connectivity index (χ3v) is 4.15. The molecule has 1 atom stereocenters. The van der Waals surface area contributed by atoms with Gasteiger partial charge in [0.2, 0.25) is 0 Å².